The maximum absolute atomic E-state index is 12.9. The third kappa shape index (κ3) is 5.19. The van der Waals surface area contributed by atoms with E-state index in [0.29, 0.717) is 56.7 Å². The Kier molecular flexibility index (Phi) is 7.31. The summed E-state index contributed by atoms with van der Waals surface area (Å²) < 4.78 is 27.2. The van der Waals surface area contributed by atoms with Gasteiger partial charge >= 0.3 is 0 Å². The van der Waals surface area contributed by atoms with Crippen molar-refractivity contribution >= 4 is 16.9 Å². The molecule has 2 heterocycles. The van der Waals surface area contributed by atoms with Crippen LogP contribution in [0, 0.1) is 0 Å². The van der Waals surface area contributed by atoms with Crippen LogP contribution in [0.4, 0.5) is 0 Å². The monoisotopic (exact) mass is 525 g/mol. The molecule has 2 aromatic heterocycles. The van der Waals surface area contributed by atoms with E-state index in [4.69, 9.17) is 33.3 Å². The average Bonchev–Trinajstić information content (AvgIpc) is 3.52. The molecule has 0 spiro atoms. The quantitative estimate of drug-likeness (QED) is 0.268. The summed E-state index contributed by atoms with van der Waals surface area (Å²) >= 11 is 0. The lowest BCUT2D eigenvalue weighted by molar-refractivity contribution is 0.0948. The zero-order valence-electron chi connectivity index (χ0n) is 22.0. The smallest absolute Gasteiger partial charge is 0.251 e. The lowest BCUT2D eigenvalue weighted by atomic mass is 10.0. The van der Waals surface area contributed by atoms with Crippen LogP contribution in [0.1, 0.15) is 16.1 Å². The van der Waals surface area contributed by atoms with Gasteiger partial charge in [0, 0.05) is 16.7 Å². The molecule has 0 unspecified atom stereocenters. The van der Waals surface area contributed by atoms with E-state index >= 15 is 0 Å². The van der Waals surface area contributed by atoms with Gasteiger partial charge in [-0.05, 0) is 66.7 Å². The van der Waals surface area contributed by atoms with Crippen LogP contribution in [0.3, 0.4) is 0 Å². The summed E-state index contributed by atoms with van der Waals surface area (Å²) in [5.41, 5.74) is 4.43. The van der Waals surface area contributed by atoms with Gasteiger partial charge in [-0.15, -0.1) is 0 Å². The summed E-state index contributed by atoms with van der Waals surface area (Å²) in [7, 11) is 6.34. The molecule has 0 aliphatic rings. The minimum Gasteiger partial charge on any atom is -0.493 e. The minimum atomic E-state index is -0.244. The topological polar surface area (TPSA) is 105 Å². The summed E-state index contributed by atoms with van der Waals surface area (Å²) in [6.45, 7) is 0.282. The first-order valence-corrected chi connectivity index (χ1v) is 12.1. The van der Waals surface area contributed by atoms with Crippen molar-refractivity contribution in [1.82, 2.24) is 15.3 Å². The van der Waals surface area contributed by atoms with Crippen LogP contribution in [0.15, 0.2) is 77.4 Å². The molecule has 0 saturated heterocycles. The molecular formula is C30H27N3O6. The molecule has 5 rings (SSSR count). The zero-order valence-corrected chi connectivity index (χ0v) is 22.0. The molecule has 9 heteroatoms. The van der Waals surface area contributed by atoms with E-state index in [1.807, 2.05) is 36.4 Å². The van der Waals surface area contributed by atoms with Crippen molar-refractivity contribution in [3.05, 3.63) is 84.3 Å². The maximum Gasteiger partial charge on any atom is 0.251 e. The van der Waals surface area contributed by atoms with E-state index in [1.54, 1.807) is 65.0 Å². The number of aromatic nitrogens is 2. The van der Waals surface area contributed by atoms with Crippen LogP contribution in [0.2, 0.25) is 0 Å². The first kappa shape index (κ1) is 25.6. The Morgan fingerprint density at radius 1 is 0.718 bits per heavy atom. The van der Waals surface area contributed by atoms with Gasteiger partial charge < -0.3 is 28.7 Å². The van der Waals surface area contributed by atoms with Gasteiger partial charge in [0.2, 0.25) is 0 Å². The van der Waals surface area contributed by atoms with E-state index < -0.39 is 0 Å². The molecule has 9 nitrogen and oxygen atoms in total. The molecule has 5 aromatic rings. The predicted molar refractivity (Wildman–Crippen MR) is 146 cm³/mol. The Labute approximate surface area is 225 Å². The second-order valence-electron chi connectivity index (χ2n) is 8.53. The van der Waals surface area contributed by atoms with E-state index in [0.717, 1.165) is 11.1 Å². The van der Waals surface area contributed by atoms with Crippen LogP contribution in [-0.4, -0.2) is 44.3 Å². The number of nitrogens with zero attached hydrogens (tertiary/aromatic N) is 2. The molecule has 1 amide bonds. The van der Waals surface area contributed by atoms with E-state index in [9.17, 15) is 4.79 Å². The first-order valence-electron chi connectivity index (χ1n) is 12.1. The fraction of sp³-hybridized carbons (Fsp3) is 0.167. The SMILES string of the molecule is COc1ccc(-c2nc3ccc(C(=O)NCc4ccco4)cc3nc2-c2ccc(OC)c(OC)c2)cc1OC. The number of hydrogen-bond donors (Lipinski definition) is 1. The lowest BCUT2D eigenvalue weighted by Crippen LogP contribution is -2.22. The van der Waals surface area contributed by atoms with Crippen molar-refractivity contribution in [3.8, 4) is 45.5 Å². The molecule has 3 aromatic carbocycles. The molecule has 0 fully saturated rings. The van der Waals surface area contributed by atoms with Crippen molar-refractivity contribution in [2.24, 2.45) is 0 Å². The minimum absolute atomic E-state index is 0.244. The number of carbonyl (C=O) groups excluding carboxylic acids is 1. The molecule has 0 radical (unpaired) electrons. The number of ether oxygens (including phenoxy) is 4. The Hall–Kier alpha value is -5.05. The number of carbonyl (C=O) groups is 1. The molecule has 0 atom stereocenters. The maximum atomic E-state index is 12.9. The van der Waals surface area contributed by atoms with Gasteiger partial charge in [-0.2, -0.15) is 0 Å². The number of methoxy groups -OCH3 is 4. The van der Waals surface area contributed by atoms with Gasteiger partial charge in [0.05, 0.1) is 63.7 Å². The highest BCUT2D eigenvalue weighted by molar-refractivity contribution is 5.98. The van der Waals surface area contributed by atoms with Crippen LogP contribution in [0.25, 0.3) is 33.5 Å². The van der Waals surface area contributed by atoms with Crippen molar-refractivity contribution in [3.63, 3.8) is 0 Å². The number of hydrogen-bond acceptors (Lipinski definition) is 8. The van der Waals surface area contributed by atoms with Crippen LogP contribution in [-0.2, 0) is 6.54 Å². The summed E-state index contributed by atoms with van der Waals surface area (Å²) in [4.78, 5) is 22.8. The van der Waals surface area contributed by atoms with Gasteiger partial charge in [0.1, 0.15) is 5.76 Å². The van der Waals surface area contributed by atoms with E-state index in [1.165, 1.54) is 0 Å². The number of benzene rings is 3. The number of furan rings is 1. The second kappa shape index (κ2) is 11.1. The molecule has 1 N–H and O–H groups in total. The highest BCUT2D eigenvalue weighted by atomic mass is 16.5. The normalized spacial score (nSPS) is 10.8. The first-order chi connectivity index (χ1) is 19.0. The van der Waals surface area contributed by atoms with Crippen LogP contribution in [0.5, 0.6) is 23.0 Å². The second-order valence-corrected chi connectivity index (χ2v) is 8.53. The fourth-order valence-electron chi connectivity index (χ4n) is 4.25. The largest absolute Gasteiger partial charge is 0.493 e. The molecular weight excluding hydrogens is 498 g/mol. The predicted octanol–water partition coefficient (Wildman–Crippen LogP) is 5.52. The molecule has 0 saturated carbocycles. The average molecular weight is 526 g/mol. The Bertz CT molecular complexity index is 1630. The van der Waals surface area contributed by atoms with Gasteiger partial charge in [0.15, 0.2) is 23.0 Å². The molecule has 0 aliphatic heterocycles. The highest BCUT2D eigenvalue weighted by Crippen LogP contribution is 2.39. The molecule has 0 aliphatic carbocycles. The standard InChI is InChI=1S/C30H27N3O6/c1-35-24-11-8-18(15-26(24)37-3)28-29(19-9-12-25(36-2)27(16-19)38-4)33-23-14-20(7-10-22(23)32-28)30(34)31-17-21-6-5-13-39-21/h5-16H,17H2,1-4H3,(H,31,34). The fourth-order valence-corrected chi connectivity index (χ4v) is 4.25. The Balaban J connectivity index is 1.63. The molecule has 198 valence electrons. The van der Waals surface area contributed by atoms with Crippen LogP contribution < -0.4 is 24.3 Å². The van der Waals surface area contributed by atoms with E-state index in [-0.39, 0.29) is 12.5 Å². The van der Waals surface area contributed by atoms with Crippen molar-refractivity contribution in [2.75, 3.05) is 28.4 Å². The summed E-state index contributed by atoms with van der Waals surface area (Å²) in [5, 5.41) is 2.86. The third-order valence-corrected chi connectivity index (χ3v) is 6.24. The third-order valence-electron chi connectivity index (χ3n) is 6.24. The zero-order chi connectivity index (χ0) is 27.4. The van der Waals surface area contributed by atoms with Gasteiger partial charge in [-0.3, -0.25) is 4.79 Å². The van der Waals surface area contributed by atoms with Gasteiger partial charge in [-0.25, -0.2) is 9.97 Å². The summed E-state index contributed by atoms with van der Waals surface area (Å²) in [5.74, 6) is 2.75. The van der Waals surface area contributed by atoms with Crippen LogP contribution >= 0.6 is 0 Å². The van der Waals surface area contributed by atoms with E-state index in [2.05, 4.69) is 5.32 Å². The number of fused-ring (bicyclic) bond motifs is 1. The molecule has 0 bridgehead atoms. The lowest BCUT2D eigenvalue weighted by Gasteiger charge is -2.15. The van der Waals surface area contributed by atoms with Gasteiger partial charge in [0.25, 0.3) is 5.91 Å². The van der Waals surface area contributed by atoms with Gasteiger partial charge in [-0.1, -0.05) is 0 Å². The Morgan fingerprint density at radius 2 is 1.31 bits per heavy atom. The number of nitrogens with one attached hydrogen (secondary N) is 1. The number of amides is 1. The Morgan fingerprint density at radius 3 is 1.85 bits per heavy atom. The number of rotatable bonds is 9. The highest BCUT2D eigenvalue weighted by Gasteiger charge is 2.18. The van der Waals surface area contributed by atoms with Crippen molar-refractivity contribution in [2.45, 2.75) is 6.54 Å². The summed E-state index contributed by atoms with van der Waals surface area (Å²) in [6.07, 6.45) is 1.57. The summed E-state index contributed by atoms with van der Waals surface area (Å²) in [6, 6.07) is 19.9. The molecule has 39 heavy (non-hydrogen) atoms. The van der Waals surface area contributed by atoms with Crippen molar-refractivity contribution < 1.29 is 28.2 Å². The van der Waals surface area contributed by atoms with Crippen molar-refractivity contribution in [1.29, 1.82) is 0 Å².